The van der Waals surface area contributed by atoms with E-state index in [4.69, 9.17) is 0 Å². The zero-order chi connectivity index (χ0) is 6.85. The molecule has 1 heterocycles. The van der Waals surface area contributed by atoms with Crippen LogP contribution in [0.2, 0.25) is 0 Å². The second-order valence-electron chi connectivity index (χ2n) is 2.43. The average Bonchev–Trinajstić information content (AvgIpc) is 2.14. The van der Waals surface area contributed by atoms with Crippen molar-refractivity contribution < 1.29 is 0 Å². The molecule has 1 aromatic heterocycles. The normalized spacial score (nSPS) is 10.7. The number of rotatable bonds is 1. The van der Waals surface area contributed by atoms with Gasteiger partial charge in [-0.25, -0.2) is 4.68 Å². The van der Waals surface area contributed by atoms with Crippen molar-refractivity contribution in [3.05, 3.63) is 11.9 Å². The van der Waals surface area contributed by atoms with Gasteiger partial charge in [-0.05, 0) is 20.8 Å². The smallest absolute Gasteiger partial charge is 0.0796 e. The van der Waals surface area contributed by atoms with Crippen molar-refractivity contribution in [3.8, 4) is 0 Å². The minimum Gasteiger partial charge on any atom is -0.250 e. The SMILES string of the molecule is Cc1cn(C(C)C)nn1. The van der Waals surface area contributed by atoms with Crippen LogP contribution in [-0.2, 0) is 0 Å². The summed E-state index contributed by atoms with van der Waals surface area (Å²) >= 11 is 0. The van der Waals surface area contributed by atoms with Crippen LogP contribution in [0.1, 0.15) is 25.6 Å². The second-order valence-corrected chi connectivity index (χ2v) is 2.43. The number of aryl methyl sites for hydroxylation is 1. The van der Waals surface area contributed by atoms with Gasteiger partial charge in [0, 0.05) is 12.2 Å². The van der Waals surface area contributed by atoms with E-state index in [-0.39, 0.29) is 0 Å². The fourth-order valence-electron chi connectivity index (χ4n) is 0.618. The van der Waals surface area contributed by atoms with Crippen molar-refractivity contribution in [1.29, 1.82) is 0 Å². The van der Waals surface area contributed by atoms with E-state index in [0.717, 1.165) is 5.69 Å². The molecule has 1 aromatic rings. The van der Waals surface area contributed by atoms with Crippen molar-refractivity contribution in [2.75, 3.05) is 0 Å². The van der Waals surface area contributed by atoms with E-state index in [9.17, 15) is 0 Å². The van der Waals surface area contributed by atoms with Crippen molar-refractivity contribution in [2.24, 2.45) is 0 Å². The molecule has 0 radical (unpaired) electrons. The Morgan fingerprint density at radius 1 is 1.56 bits per heavy atom. The molecule has 0 saturated heterocycles. The van der Waals surface area contributed by atoms with Gasteiger partial charge < -0.3 is 0 Å². The molecule has 0 bridgehead atoms. The predicted octanol–water partition coefficient (Wildman–Crippen LogP) is 1.17. The standard InChI is InChI=1S/C6H11N3/c1-5(2)9-4-6(3)7-8-9/h4-5H,1-3H3. The molecule has 0 atom stereocenters. The molecule has 3 heteroatoms. The maximum atomic E-state index is 3.88. The molecule has 0 aliphatic rings. The Kier molecular flexibility index (Phi) is 1.51. The second kappa shape index (κ2) is 2.17. The van der Waals surface area contributed by atoms with Gasteiger partial charge in [-0.1, -0.05) is 5.21 Å². The van der Waals surface area contributed by atoms with Gasteiger partial charge in [0.2, 0.25) is 0 Å². The number of nitrogens with zero attached hydrogens (tertiary/aromatic N) is 3. The summed E-state index contributed by atoms with van der Waals surface area (Å²) in [4.78, 5) is 0. The molecule has 0 aliphatic carbocycles. The van der Waals surface area contributed by atoms with E-state index in [1.54, 1.807) is 0 Å². The molecule has 0 saturated carbocycles. The maximum Gasteiger partial charge on any atom is 0.0796 e. The Labute approximate surface area is 54.7 Å². The lowest BCUT2D eigenvalue weighted by Gasteiger charge is -2.00. The zero-order valence-electron chi connectivity index (χ0n) is 6.00. The van der Waals surface area contributed by atoms with E-state index in [1.807, 2.05) is 17.8 Å². The van der Waals surface area contributed by atoms with Crippen LogP contribution in [0.15, 0.2) is 6.20 Å². The first kappa shape index (κ1) is 6.26. The molecule has 0 spiro atoms. The molecule has 0 unspecified atom stereocenters. The highest BCUT2D eigenvalue weighted by atomic mass is 15.4. The first-order valence-electron chi connectivity index (χ1n) is 3.08. The summed E-state index contributed by atoms with van der Waals surface area (Å²) in [7, 11) is 0. The molecule has 0 aliphatic heterocycles. The summed E-state index contributed by atoms with van der Waals surface area (Å²) in [6.07, 6.45) is 1.94. The Bertz CT molecular complexity index is 190. The van der Waals surface area contributed by atoms with Crippen LogP contribution in [0.5, 0.6) is 0 Å². The zero-order valence-corrected chi connectivity index (χ0v) is 6.00. The fraction of sp³-hybridized carbons (Fsp3) is 0.667. The third-order valence-corrected chi connectivity index (χ3v) is 1.15. The molecule has 50 valence electrons. The Hall–Kier alpha value is -0.860. The van der Waals surface area contributed by atoms with Gasteiger partial charge in [0.05, 0.1) is 5.69 Å². The molecule has 0 fully saturated rings. The van der Waals surface area contributed by atoms with Crippen LogP contribution < -0.4 is 0 Å². The van der Waals surface area contributed by atoms with Gasteiger partial charge >= 0.3 is 0 Å². The Morgan fingerprint density at radius 2 is 2.22 bits per heavy atom. The monoisotopic (exact) mass is 125 g/mol. The predicted molar refractivity (Wildman–Crippen MR) is 35.1 cm³/mol. The van der Waals surface area contributed by atoms with Crippen LogP contribution in [0.25, 0.3) is 0 Å². The van der Waals surface area contributed by atoms with Gasteiger partial charge in [0.1, 0.15) is 0 Å². The highest BCUT2D eigenvalue weighted by Gasteiger charge is 1.97. The van der Waals surface area contributed by atoms with E-state index in [1.165, 1.54) is 0 Å². The van der Waals surface area contributed by atoms with Crippen molar-refractivity contribution in [2.45, 2.75) is 26.8 Å². The lowest BCUT2D eigenvalue weighted by molar-refractivity contribution is 0.514. The van der Waals surface area contributed by atoms with E-state index in [2.05, 4.69) is 24.2 Å². The molecule has 0 aromatic carbocycles. The van der Waals surface area contributed by atoms with Crippen LogP contribution in [0, 0.1) is 6.92 Å². The molecular formula is C6H11N3. The van der Waals surface area contributed by atoms with Crippen LogP contribution in [0.3, 0.4) is 0 Å². The van der Waals surface area contributed by atoms with E-state index < -0.39 is 0 Å². The topological polar surface area (TPSA) is 30.7 Å². The Morgan fingerprint density at radius 3 is 2.44 bits per heavy atom. The van der Waals surface area contributed by atoms with Crippen LogP contribution >= 0.6 is 0 Å². The molecule has 0 amide bonds. The fourth-order valence-corrected chi connectivity index (χ4v) is 0.618. The summed E-state index contributed by atoms with van der Waals surface area (Å²) in [6, 6.07) is 0.422. The van der Waals surface area contributed by atoms with Gasteiger partial charge in [-0.3, -0.25) is 0 Å². The van der Waals surface area contributed by atoms with Gasteiger partial charge in [0.15, 0.2) is 0 Å². The van der Waals surface area contributed by atoms with Crippen LogP contribution in [-0.4, -0.2) is 15.0 Å². The van der Waals surface area contributed by atoms with Crippen LogP contribution in [0.4, 0.5) is 0 Å². The minimum atomic E-state index is 0.422. The summed E-state index contributed by atoms with van der Waals surface area (Å²) in [6.45, 7) is 6.09. The summed E-state index contributed by atoms with van der Waals surface area (Å²) < 4.78 is 1.84. The van der Waals surface area contributed by atoms with Crippen molar-refractivity contribution in [1.82, 2.24) is 15.0 Å². The van der Waals surface area contributed by atoms with Gasteiger partial charge in [-0.15, -0.1) is 5.10 Å². The quantitative estimate of drug-likeness (QED) is 0.564. The highest BCUT2D eigenvalue weighted by Crippen LogP contribution is 2.00. The first-order valence-corrected chi connectivity index (χ1v) is 3.08. The van der Waals surface area contributed by atoms with Gasteiger partial charge in [-0.2, -0.15) is 0 Å². The van der Waals surface area contributed by atoms with Crippen molar-refractivity contribution in [3.63, 3.8) is 0 Å². The molecule has 1 rings (SSSR count). The highest BCUT2D eigenvalue weighted by molar-refractivity contribution is 4.87. The summed E-state index contributed by atoms with van der Waals surface area (Å²) in [5.41, 5.74) is 0.976. The average molecular weight is 125 g/mol. The summed E-state index contributed by atoms with van der Waals surface area (Å²) in [5, 5.41) is 7.73. The Balaban J connectivity index is 2.85. The lowest BCUT2D eigenvalue weighted by Crippen LogP contribution is -2.00. The lowest BCUT2D eigenvalue weighted by atomic mass is 10.4. The largest absolute Gasteiger partial charge is 0.250 e. The van der Waals surface area contributed by atoms with E-state index in [0.29, 0.717) is 6.04 Å². The first-order chi connectivity index (χ1) is 4.20. The van der Waals surface area contributed by atoms with E-state index >= 15 is 0 Å². The third-order valence-electron chi connectivity index (χ3n) is 1.15. The number of hydrogen-bond donors (Lipinski definition) is 0. The number of aromatic nitrogens is 3. The minimum absolute atomic E-state index is 0.422. The molecular weight excluding hydrogens is 114 g/mol. The summed E-state index contributed by atoms with van der Waals surface area (Å²) in [5.74, 6) is 0. The third kappa shape index (κ3) is 1.28. The molecule has 3 nitrogen and oxygen atoms in total. The maximum absolute atomic E-state index is 3.88. The van der Waals surface area contributed by atoms with Gasteiger partial charge in [0.25, 0.3) is 0 Å². The molecule has 0 N–H and O–H groups in total. The molecule has 9 heavy (non-hydrogen) atoms. The van der Waals surface area contributed by atoms with Crippen molar-refractivity contribution >= 4 is 0 Å². The number of hydrogen-bond acceptors (Lipinski definition) is 2.